The third-order valence-corrected chi connectivity index (χ3v) is 3.69. The molecule has 0 radical (unpaired) electrons. The number of carbonyl (C=O) groups excluding carboxylic acids is 2. The van der Waals surface area contributed by atoms with Crippen LogP contribution in [-0.2, 0) is 4.79 Å². The van der Waals surface area contributed by atoms with E-state index >= 15 is 0 Å². The molecule has 8 nitrogen and oxygen atoms in total. The highest BCUT2D eigenvalue weighted by Crippen LogP contribution is 2.29. The molecule has 122 valence electrons. The quantitative estimate of drug-likeness (QED) is 0.681. The Morgan fingerprint density at radius 2 is 1.42 bits per heavy atom. The first-order valence-electron chi connectivity index (χ1n) is 7.11. The smallest absolute Gasteiger partial charge is 0.338 e. The van der Waals surface area contributed by atoms with Gasteiger partial charge in [0, 0.05) is 10.6 Å². The van der Waals surface area contributed by atoms with Gasteiger partial charge in [-0.25, -0.2) is 9.69 Å². The van der Waals surface area contributed by atoms with Crippen LogP contribution in [0.4, 0.5) is 16.2 Å². The number of aliphatic hydroxyl groups is 1. The summed E-state index contributed by atoms with van der Waals surface area (Å²) in [5.41, 5.74) is 0.461. The lowest BCUT2D eigenvalue weighted by molar-refractivity contribution is -0.518. The fourth-order valence-electron chi connectivity index (χ4n) is 2.58. The van der Waals surface area contributed by atoms with Crippen molar-refractivity contribution >= 4 is 23.3 Å². The summed E-state index contributed by atoms with van der Waals surface area (Å²) in [6.07, 6.45) is -1.89. The lowest BCUT2D eigenvalue weighted by Crippen LogP contribution is -2.67. The van der Waals surface area contributed by atoms with Crippen LogP contribution in [0.5, 0.6) is 0 Å². The summed E-state index contributed by atoms with van der Waals surface area (Å²) in [5, 5.41) is 21.6. The predicted octanol–water partition coefficient (Wildman–Crippen LogP) is 1.62. The van der Waals surface area contributed by atoms with Crippen molar-refractivity contribution in [3.05, 3.63) is 70.8 Å². The predicted molar refractivity (Wildman–Crippen MR) is 85.0 cm³/mol. The van der Waals surface area contributed by atoms with E-state index in [1.807, 2.05) is 0 Å². The molecule has 0 bridgehead atoms. The maximum absolute atomic E-state index is 12.8. The fourth-order valence-corrected chi connectivity index (χ4v) is 2.58. The lowest BCUT2D eigenvalue weighted by atomic mass is 10.1. The largest absolute Gasteiger partial charge is 0.367 e. The molecule has 0 aliphatic carbocycles. The topological polar surface area (TPSA) is 104 Å². The maximum Gasteiger partial charge on any atom is 0.338 e. The van der Waals surface area contributed by atoms with Crippen LogP contribution in [0.15, 0.2) is 60.7 Å². The first kappa shape index (κ1) is 15.6. The first-order chi connectivity index (χ1) is 11.5. The van der Waals surface area contributed by atoms with E-state index in [4.69, 9.17) is 0 Å². The van der Waals surface area contributed by atoms with Crippen molar-refractivity contribution in [2.45, 2.75) is 12.3 Å². The Morgan fingerprint density at radius 1 is 0.917 bits per heavy atom. The zero-order valence-electron chi connectivity index (χ0n) is 12.4. The van der Waals surface area contributed by atoms with Crippen molar-refractivity contribution in [2.75, 3.05) is 9.80 Å². The van der Waals surface area contributed by atoms with E-state index in [2.05, 4.69) is 0 Å². The standard InChI is InChI=1S/C16H13N3O5/c20-14-13(19(23)24)15(21)18(12-9-5-2-6-10-12)16(22)17(14)11-7-3-1-4-8-11/h1-10,13-14,20H. The zero-order valence-corrected chi connectivity index (χ0v) is 12.4. The summed E-state index contributed by atoms with van der Waals surface area (Å²) in [7, 11) is 0. The Morgan fingerprint density at radius 3 is 1.92 bits per heavy atom. The van der Waals surface area contributed by atoms with E-state index in [-0.39, 0.29) is 11.4 Å². The Labute approximate surface area is 136 Å². The molecule has 1 aliphatic heterocycles. The van der Waals surface area contributed by atoms with Gasteiger partial charge in [-0.05, 0) is 24.3 Å². The summed E-state index contributed by atoms with van der Waals surface area (Å²) in [4.78, 5) is 37.2. The summed E-state index contributed by atoms with van der Waals surface area (Å²) in [6.45, 7) is 0. The highest BCUT2D eigenvalue weighted by atomic mass is 16.6. The number of rotatable bonds is 3. The van der Waals surface area contributed by atoms with Gasteiger partial charge < -0.3 is 5.11 Å². The Hall–Kier alpha value is -3.26. The molecule has 0 saturated carbocycles. The molecule has 0 spiro atoms. The number of benzene rings is 2. The molecule has 8 heteroatoms. The van der Waals surface area contributed by atoms with Crippen LogP contribution in [0.25, 0.3) is 0 Å². The molecule has 1 saturated heterocycles. The molecule has 2 aromatic carbocycles. The molecule has 2 atom stereocenters. The molecule has 3 rings (SSSR count). The second kappa shape index (κ2) is 6.09. The van der Waals surface area contributed by atoms with Crippen LogP contribution in [-0.4, -0.2) is 34.2 Å². The van der Waals surface area contributed by atoms with E-state index < -0.39 is 29.1 Å². The van der Waals surface area contributed by atoms with E-state index in [9.17, 15) is 24.8 Å². The highest BCUT2D eigenvalue weighted by Gasteiger charge is 2.54. The summed E-state index contributed by atoms with van der Waals surface area (Å²) < 4.78 is 0. The number of carbonyl (C=O) groups is 2. The average Bonchev–Trinajstić information content (AvgIpc) is 2.56. The van der Waals surface area contributed by atoms with Crippen molar-refractivity contribution in [1.29, 1.82) is 0 Å². The van der Waals surface area contributed by atoms with Crippen molar-refractivity contribution in [3.63, 3.8) is 0 Å². The van der Waals surface area contributed by atoms with E-state index in [1.54, 1.807) is 36.4 Å². The number of nitro groups is 1. The van der Waals surface area contributed by atoms with Gasteiger partial charge in [0.1, 0.15) is 0 Å². The van der Waals surface area contributed by atoms with Gasteiger partial charge in [0.25, 0.3) is 0 Å². The highest BCUT2D eigenvalue weighted by molar-refractivity contribution is 6.23. The van der Waals surface area contributed by atoms with E-state index in [0.717, 1.165) is 4.90 Å². The molecule has 24 heavy (non-hydrogen) atoms. The average molecular weight is 327 g/mol. The van der Waals surface area contributed by atoms with Gasteiger partial charge in [-0.1, -0.05) is 36.4 Å². The molecule has 1 heterocycles. The van der Waals surface area contributed by atoms with Gasteiger partial charge >= 0.3 is 18.0 Å². The SMILES string of the molecule is O=C1C([N+](=O)[O-])C(O)N(c2ccccc2)C(=O)N1c1ccccc1. The molecular weight excluding hydrogens is 314 g/mol. The van der Waals surface area contributed by atoms with Gasteiger partial charge in [-0.2, -0.15) is 0 Å². The minimum Gasteiger partial charge on any atom is -0.367 e. The molecule has 2 unspecified atom stereocenters. The van der Waals surface area contributed by atoms with Crippen molar-refractivity contribution in [2.24, 2.45) is 0 Å². The lowest BCUT2D eigenvalue weighted by Gasteiger charge is -2.38. The Bertz CT molecular complexity index is 781. The minimum absolute atomic E-state index is 0.201. The van der Waals surface area contributed by atoms with Crippen LogP contribution >= 0.6 is 0 Å². The Kier molecular flexibility index (Phi) is 3.97. The van der Waals surface area contributed by atoms with Crippen molar-refractivity contribution < 1.29 is 19.6 Å². The summed E-state index contributed by atoms with van der Waals surface area (Å²) >= 11 is 0. The van der Waals surface area contributed by atoms with Crippen LogP contribution in [0, 0.1) is 10.1 Å². The van der Waals surface area contributed by atoms with Gasteiger partial charge in [0.2, 0.25) is 6.23 Å². The molecule has 2 aromatic rings. The number of hydrogen-bond donors (Lipinski definition) is 1. The van der Waals surface area contributed by atoms with Crippen LogP contribution < -0.4 is 9.80 Å². The normalized spacial score (nSPS) is 21.0. The fraction of sp³-hybridized carbons (Fsp3) is 0.125. The second-order valence-corrected chi connectivity index (χ2v) is 5.14. The summed E-state index contributed by atoms with van der Waals surface area (Å²) in [5.74, 6) is -1.07. The molecule has 1 aliphatic rings. The van der Waals surface area contributed by atoms with E-state index in [1.165, 1.54) is 24.3 Å². The molecular formula is C16H13N3O5. The number of hydrogen-bond acceptors (Lipinski definition) is 5. The monoisotopic (exact) mass is 327 g/mol. The van der Waals surface area contributed by atoms with Crippen molar-refractivity contribution in [1.82, 2.24) is 0 Å². The molecule has 1 N–H and O–H groups in total. The van der Waals surface area contributed by atoms with Crippen LogP contribution in [0.3, 0.4) is 0 Å². The maximum atomic E-state index is 12.8. The van der Waals surface area contributed by atoms with Crippen molar-refractivity contribution in [3.8, 4) is 0 Å². The number of para-hydroxylation sites is 2. The number of aliphatic hydroxyl groups excluding tert-OH is 1. The molecule has 0 aromatic heterocycles. The Balaban J connectivity index is 2.11. The van der Waals surface area contributed by atoms with Crippen LogP contribution in [0.2, 0.25) is 0 Å². The molecule has 1 fully saturated rings. The minimum atomic E-state index is -1.97. The molecule has 3 amide bonds. The van der Waals surface area contributed by atoms with Gasteiger partial charge in [-0.15, -0.1) is 0 Å². The second-order valence-electron chi connectivity index (χ2n) is 5.14. The third-order valence-electron chi connectivity index (χ3n) is 3.69. The number of anilines is 2. The van der Waals surface area contributed by atoms with Crippen LogP contribution in [0.1, 0.15) is 0 Å². The van der Waals surface area contributed by atoms with Gasteiger partial charge in [0.15, 0.2) is 0 Å². The number of amides is 3. The van der Waals surface area contributed by atoms with Gasteiger partial charge in [-0.3, -0.25) is 19.8 Å². The number of nitrogens with zero attached hydrogens (tertiary/aromatic N) is 3. The third kappa shape index (κ3) is 2.48. The zero-order chi connectivity index (χ0) is 17.3. The summed E-state index contributed by atoms with van der Waals surface area (Å²) in [6, 6.07) is 13.1. The first-order valence-corrected chi connectivity index (χ1v) is 7.11. The number of urea groups is 1. The number of imide groups is 1. The van der Waals surface area contributed by atoms with Gasteiger partial charge in [0.05, 0.1) is 5.69 Å². The van der Waals surface area contributed by atoms with E-state index in [0.29, 0.717) is 4.90 Å².